The second-order valence-electron chi connectivity index (χ2n) is 7.27. The summed E-state index contributed by atoms with van der Waals surface area (Å²) in [5.41, 5.74) is -1.00. The highest BCUT2D eigenvalue weighted by molar-refractivity contribution is 5.75. The number of alkyl halides is 3. The van der Waals surface area contributed by atoms with Crippen LogP contribution in [0.25, 0.3) is 0 Å². The first-order valence-corrected chi connectivity index (χ1v) is 9.92. The number of rotatable bonds is 5. The van der Waals surface area contributed by atoms with Crippen LogP contribution >= 0.6 is 0 Å². The maximum atomic E-state index is 13.3. The summed E-state index contributed by atoms with van der Waals surface area (Å²) in [7, 11) is 0. The van der Waals surface area contributed by atoms with Crippen LogP contribution in [0.3, 0.4) is 0 Å². The van der Waals surface area contributed by atoms with Gasteiger partial charge in [0.15, 0.2) is 0 Å². The van der Waals surface area contributed by atoms with Crippen LogP contribution in [0.2, 0.25) is 0 Å². The molecule has 1 saturated heterocycles. The molecule has 0 amide bonds. The van der Waals surface area contributed by atoms with Gasteiger partial charge in [-0.05, 0) is 36.4 Å². The molecular formula is C21H18F4N6O2. The van der Waals surface area contributed by atoms with Crippen LogP contribution in [-0.4, -0.2) is 41.1 Å². The van der Waals surface area contributed by atoms with Crippen LogP contribution in [0.5, 0.6) is 0 Å². The Balaban J connectivity index is 1.59. The second-order valence-corrected chi connectivity index (χ2v) is 7.27. The van der Waals surface area contributed by atoms with Crippen LogP contribution in [0.4, 0.5) is 46.3 Å². The molecule has 2 aromatic carbocycles. The van der Waals surface area contributed by atoms with Gasteiger partial charge in [0, 0.05) is 31.9 Å². The fourth-order valence-corrected chi connectivity index (χ4v) is 3.66. The van der Waals surface area contributed by atoms with Gasteiger partial charge in [-0.25, -0.2) is 14.4 Å². The minimum atomic E-state index is -4.65. The predicted octanol–water partition coefficient (Wildman–Crippen LogP) is 4.61. The Morgan fingerprint density at radius 3 is 2.21 bits per heavy atom. The third-order valence-electron chi connectivity index (χ3n) is 5.24. The number of halogens is 4. The van der Waals surface area contributed by atoms with E-state index in [1.165, 1.54) is 30.3 Å². The summed E-state index contributed by atoms with van der Waals surface area (Å²) in [4.78, 5) is 22.7. The Kier molecular flexibility index (Phi) is 5.99. The monoisotopic (exact) mass is 462 g/mol. The van der Waals surface area contributed by atoms with E-state index in [1.54, 1.807) is 17.0 Å². The molecule has 0 unspecified atom stereocenters. The lowest BCUT2D eigenvalue weighted by Crippen LogP contribution is -2.47. The van der Waals surface area contributed by atoms with Crippen molar-refractivity contribution in [3.63, 3.8) is 0 Å². The van der Waals surface area contributed by atoms with E-state index >= 15 is 0 Å². The molecule has 1 fully saturated rings. The van der Waals surface area contributed by atoms with Gasteiger partial charge in [-0.2, -0.15) is 13.2 Å². The number of nitrogens with one attached hydrogen (secondary N) is 1. The average Bonchev–Trinajstić information content (AvgIpc) is 2.79. The predicted molar refractivity (Wildman–Crippen MR) is 114 cm³/mol. The number of aromatic nitrogens is 2. The molecule has 2 heterocycles. The third kappa shape index (κ3) is 4.78. The summed E-state index contributed by atoms with van der Waals surface area (Å²) < 4.78 is 53.2. The molecule has 1 aliphatic rings. The highest BCUT2D eigenvalue weighted by atomic mass is 19.4. The zero-order valence-corrected chi connectivity index (χ0v) is 17.1. The average molecular weight is 462 g/mol. The topological polar surface area (TPSA) is 87.4 Å². The molecule has 1 N–H and O–H groups in total. The summed E-state index contributed by atoms with van der Waals surface area (Å²) in [6.07, 6.45) is -3.57. The van der Waals surface area contributed by atoms with Crippen molar-refractivity contribution in [1.29, 1.82) is 0 Å². The Hall–Kier alpha value is -3.96. The molecule has 8 nitrogen and oxygen atoms in total. The molecule has 4 rings (SSSR count). The minimum absolute atomic E-state index is 0.0146. The second kappa shape index (κ2) is 8.88. The van der Waals surface area contributed by atoms with Gasteiger partial charge in [-0.15, -0.1) is 0 Å². The molecule has 12 heteroatoms. The number of para-hydroxylation sites is 1. The lowest BCUT2D eigenvalue weighted by Gasteiger charge is -2.36. The number of anilines is 4. The normalized spacial score (nSPS) is 14.3. The van der Waals surface area contributed by atoms with Crippen molar-refractivity contribution >= 4 is 28.7 Å². The highest BCUT2D eigenvalue weighted by Crippen LogP contribution is 2.39. The minimum Gasteiger partial charge on any atom is -0.368 e. The van der Waals surface area contributed by atoms with Gasteiger partial charge < -0.3 is 15.1 Å². The third-order valence-corrected chi connectivity index (χ3v) is 5.24. The lowest BCUT2D eigenvalue weighted by molar-refractivity contribution is -0.383. The number of hydrogen-bond acceptors (Lipinski definition) is 7. The molecule has 1 aromatic heterocycles. The summed E-state index contributed by atoms with van der Waals surface area (Å²) in [5, 5.41) is 14.3. The van der Waals surface area contributed by atoms with Crippen LogP contribution in [0.1, 0.15) is 5.56 Å². The molecular weight excluding hydrogens is 444 g/mol. The molecule has 1 aliphatic heterocycles. The van der Waals surface area contributed by atoms with E-state index in [2.05, 4.69) is 15.3 Å². The molecule has 172 valence electrons. The van der Waals surface area contributed by atoms with Crippen molar-refractivity contribution in [2.24, 2.45) is 0 Å². The highest BCUT2D eigenvalue weighted by Gasteiger charge is 2.35. The van der Waals surface area contributed by atoms with Crippen LogP contribution in [0.15, 0.2) is 54.9 Å². The van der Waals surface area contributed by atoms with E-state index in [4.69, 9.17) is 0 Å². The quantitative estimate of drug-likeness (QED) is 0.337. The van der Waals surface area contributed by atoms with E-state index in [-0.39, 0.29) is 23.1 Å². The van der Waals surface area contributed by atoms with Crippen molar-refractivity contribution in [1.82, 2.24) is 9.97 Å². The zero-order valence-electron chi connectivity index (χ0n) is 17.1. The Labute approximate surface area is 185 Å². The first kappa shape index (κ1) is 22.2. The Morgan fingerprint density at radius 2 is 1.58 bits per heavy atom. The smallest absolute Gasteiger partial charge is 0.368 e. The fraction of sp³-hybridized carbons (Fsp3) is 0.238. The standard InChI is InChI=1S/C21H18F4N6O2/c22-14-5-7-15(8-6-14)29-9-11-30(12-10-29)20-18(31(32)33)19(26-13-27-20)28-17-4-2-1-3-16(17)21(23,24)25/h1-8,13H,9-12H2,(H,26,27,28). The molecule has 0 spiro atoms. The first-order valence-electron chi connectivity index (χ1n) is 9.92. The number of piperazine rings is 1. The Bertz CT molecular complexity index is 1150. The summed E-state index contributed by atoms with van der Waals surface area (Å²) in [6, 6.07) is 10.7. The number of nitro groups is 1. The van der Waals surface area contributed by atoms with E-state index in [9.17, 15) is 27.7 Å². The Morgan fingerprint density at radius 1 is 0.939 bits per heavy atom. The van der Waals surface area contributed by atoms with Crippen molar-refractivity contribution < 1.29 is 22.5 Å². The largest absolute Gasteiger partial charge is 0.418 e. The van der Waals surface area contributed by atoms with Crippen molar-refractivity contribution in [2.45, 2.75) is 6.18 Å². The van der Waals surface area contributed by atoms with E-state index < -0.39 is 22.4 Å². The lowest BCUT2D eigenvalue weighted by atomic mass is 10.1. The summed E-state index contributed by atoms with van der Waals surface area (Å²) in [5.74, 6) is -0.662. The fourth-order valence-electron chi connectivity index (χ4n) is 3.66. The molecule has 0 atom stereocenters. The van der Waals surface area contributed by atoms with Gasteiger partial charge in [0.25, 0.3) is 0 Å². The van der Waals surface area contributed by atoms with Crippen molar-refractivity contribution in [2.75, 3.05) is 41.3 Å². The molecule has 0 saturated carbocycles. The van der Waals surface area contributed by atoms with E-state index in [0.717, 1.165) is 18.1 Å². The van der Waals surface area contributed by atoms with Gasteiger partial charge in [0.2, 0.25) is 11.6 Å². The SMILES string of the molecule is O=[N+]([O-])c1c(Nc2ccccc2C(F)(F)F)ncnc1N1CCN(c2ccc(F)cc2)CC1. The number of benzene rings is 2. The maximum absolute atomic E-state index is 13.3. The van der Waals surface area contributed by atoms with E-state index in [1.807, 2.05) is 4.90 Å². The van der Waals surface area contributed by atoms with Crippen molar-refractivity contribution in [3.8, 4) is 0 Å². The van der Waals surface area contributed by atoms with E-state index in [0.29, 0.717) is 26.2 Å². The molecule has 0 aliphatic carbocycles. The number of nitrogens with zero attached hydrogens (tertiary/aromatic N) is 5. The van der Waals surface area contributed by atoms with Crippen molar-refractivity contribution in [3.05, 3.63) is 76.4 Å². The van der Waals surface area contributed by atoms with Crippen LogP contribution in [0, 0.1) is 15.9 Å². The van der Waals surface area contributed by atoms with Gasteiger partial charge >= 0.3 is 11.9 Å². The first-order chi connectivity index (χ1) is 15.7. The van der Waals surface area contributed by atoms with Gasteiger partial charge in [0.1, 0.15) is 12.1 Å². The van der Waals surface area contributed by atoms with Gasteiger partial charge in [0.05, 0.1) is 16.2 Å². The maximum Gasteiger partial charge on any atom is 0.418 e. The van der Waals surface area contributed by atoms with Gasteiger partial charge in [-0.1, -0.05) is 12.1 Å². The molecule has 3 aromatic rings. The van der Waals surface area contributed by atoms with Gasteiger partial charge in [-0.3, -0.25) is 10.1 Å². The van der Waals surface area contributed by atoms with Crippen LogP contribution in [-0.2, 0) is 6.18 Å². The molecule has 33 heavy (non-hydrogen) atoms. The number of hydrogen-bond donors (Lipinski definition) is 1. The molecule has 0 bridgehead atoms. The summed E-state index contributed by atoms with van der Waals surface area (Å²) >= 11 is 0. The summed E-state index contributed by atoms with van der Waals surface area (Å²) in [6.45, 7) is 1.72. The van der Waals surface area contributed by atoms with Crippen LogP contribution < -0.4 is 15.1 Å². The zero-order chi connectivity index (χ0) is 23.6. The molecule has 0 radical (unpaired) electrons.